The lowest BCUT2D eigenvalue weighted by Gasteiger charge is -2.33. The van der Waals surface area contributed by atoms with E-state index >= 15 is 0 Å². The Kier molecular flexibility index (Phi) is 7.59. The average Bonchev–Trinajstić information content (AvgIpc) is 2.43. The molecule has 1 amide bonds. The molecule has 0 unspecified atom stereocenters. The molecule has 0 heterocycles. The summed E-state index contributed by atoms with van der Waals surface area (Å²) >= 11 is 0. The molecule has 5 nitrogen and oxygen atoms in total. The van der Waals surface area contributed by atoms with E-state index in [4.69, 9.17) is 4.74 Å². The van der Waals surface area contributed by atoms with E-state index in [9.17, 15) is 9.59 Å². The lowest BCUT2D eigenvalue weighted by Crippen LogP contribution is -2.43. The van der Waals surface area contributed by atoms with Crippen LogP contribution in [0.15, 0.2) is 0 Å². The van der Waals surface area contributed by atoms with Crippen molar-refractivity contribution in [3.8, 4) is 0 Å². The Morgan fingerprint density at radius 2 is 1.90 bits per heavy atom. The summed E-state index contributed by atoms with van der Waals surface area (Å²) in [5, 5.41) is 3.01. The van der Waals surface area contributed by atoms with E-state index in [0.29, 0.717) is 32.2 Å². The normalized spacial score (nSPS) is 22.4. The summed E-state index contributed by atoms with van der Waals surface area (Å²) in [6.45, 7) is 5.24. The number of carbonyl (C=O) groups excluding carboxylic acids is 2. The summed E-state index contributed by atoms with van der Waals surface area (Å²) in [5.41, 5.74) is 0. The molecule has 0 spiro atoms. The number of ether oxygens (including phenoxy) is 1. The Bertz CT molecular complexity index is 312. The van der Waals surface area contributed by atoms with Gasteiger partial charge in [0.25, 0.3) is 0 Å². The van der Waals surface area contributed by atoms with Crippen LogP contribution in [0.25, 0.3) is 0 Å². The first kappa shape index (κ1) is 17.0. The molecule has 1 aliphatic carbocycles. The van der Waals surface area contributed by atoms with Crippen LogP contribution in [-0.2, 0) is 14.3 Å². The van der Waals surface area contributed by atoms with Crippen LogP contribution in [0.3, 0.4) is 0 Å². The minimum Gasteiger partial charge on any atom is -0.466 e. The van der Waals surface area contributed by atoms with Crippen LogP contribution in [0.4, 0.5) is 0 Å². The SMILES string of the molecule is CCOC(=O)CCNCC(=O)N(C)C1CCC(C)CC1. The third-order valence-electron chi connectivity index (χ3n) is 4.01. The van der Waals surface area contributed by atoms with Crippen molar-refractivity contribution in [1.29, 1.82) is 0 Å². The minimum atomic E-state index is -0.220. The number of likely N-dealkylation sites (N-methyl/N-ethyl adjacent to an activating group) is 1. The van der Waals surface area contributed by atoms with Gasteiger partial charge in [-0.1, -0.05) is 6.92 Å². The van der Waals surface area contributed by atoms with Crippen molar-refractivity contribution in [1.82, 2.24) is 10.2 Å². The maximum Gasteiger partial charge on any atom is 0.307 e. The first-order valence-electron chi connectivity index (χ1n) is 7.66. The molecule has 20 heavy (non-hydrogen) atoms. The third-order valence-corrected chi connectivity index (χ3v) is 4.01. The van der Waals surface area contributed by atoms with Crippen molar-refractivity contribution in [3.63, 3.8) is 0 Å². The van der Waals surface area contributed by atoms with Crippen LogP contribution in [-0.4, -0.2) is 49.6 Å². The van der Waals surface area contributed by atoms with E-state index in [1.165, 1.54) is 12.8 Å². The van der Waals surface area contributed by atoms with Gasteiger partial charge in [-0.25, -0.2) is 0 Å². The molecule has 1 N–H and O–H groups in total. The van der Waals surface area contributed by atoms with E-state index in [0.717, 1.165) is 18.8 Å². The molecule has 1 fully saturated rings. The Balaban J connectivity index is 2.17. The number of rotatable bonds is 7. The van der Waals surface area contributed by atoms with Gasteiger partial charge < -0.3 is 15.0 Å². The van der Waals surface area contributed by atoms with Gasteiger partial charge in [0.2, 0.25) is 5.91 Å². The second-order valence-electron chi connectivity index (χ2n) is 5.65. The van der Waals surface area contributed by atoms with Gasteiger partial charge in [-0.3, -0.25) is 9.59 Å². The Morgan fingerprint density at radius 1 is 1.25 bits per heavy atom. The summed E-state index contributed by atoms with van der Waals surface area (Å²) in [4.78, 5) is 25.0. The Morgan fingerprint density at radius 3 is 2.50 bits per heavy atom. The summed E-state index contributed by atoms with van der Waals surface area (Å²) in [6.07, 6.45) is 4.93. The quantitative estimate of drug-likeness (QED) is 0.569. The van der Waals surface area contributed by atoms with E-state index in [-0.39, 0.29) is 11.9 Å². The summed E-state index contributed by atoms with van der Waals surface area (Å²) in [6, 6.07) is 0.380. The number of hydrogen-bond acceptors (Lipinski definition) is 4. The maximum atomic E-state index is 12.0. The second-order valence-corrected chi connectivity index (χ2v) is 5.65. The first-order valence-corrected chi connectivity index (χ1v) is 7.66. The van der Waals surface area contributed by atoms with Gasteiger partial charge in [0.05, 0.1) is 19.6 Å². The van der Waals surface area contributed by atoms with Crippen LogP contribution in [0.2, 0.25) is 0 Å². The van der Waals surface area contributed by atoms with Gasteiger partial charge in [0.1, 0.15) is 0 Å². The van der Waals surface area contributed by atoms with E-state index < -0.39 is 0 Å². The predicted octanol–water partition coefficient (Wildman–Crippen LogP) is 1.57. The maximum absolute atomic E-state index is 12.0. The van der Waals surface area contributed by atoms with Crippen LogP contribution in [0.5, 0.6) is 0 Å². The highest BCUT2D eigenvalue weighted by Gasteiger charge is 2.24. The molecular formula is C15H28N2O3. The highest BCUT2D eigenvalue weighted by molar-refractivity contribution is 5.78. The Labute approximate surface area is 122 Å². The fourth-order valence-electron chi connectivity index (χ4n) is 2.58. The molecule has 1 saturated carbocycles. The number of amides is 1. The zero-order valence-corrected chi connectivity index (χ0v) is 13.0. The number of esters is 1. The molecule has 0 aromatic rings. The molecule has 1 rings (SSSR count). The van der Waals surface area contributed by atoms with Crippen LogP contribution in [0, 0.1) is 5.92 Å². The zero-order chi connectivity index (χ0) is 15.0. The first-order chi connectivity index (χ1) is 9.54. The molecular weight excluding hydrogens is 256 g/mol. The molecule has 116 valence electrons. The predicted molar refractivity (Wildman–Crippen MR) is 78.3 cm³/mol. The molecule has 0 aliphatic heterocycles. The van der Waals surface area contributed by atoms with E-state index in [2.05, 4.69) is 12.2 Å². The fraction of sp³-hybridized carbons (Fsp3) is 0.867. The van der Waals surface area contributed by atoms with Gasteiger partial charge >= 0.3 is 5.97 Å². The van der Waals surface area contributed by atoms with Crippen molar-refractivity contribution < 1.29 is 14.3 Å². The van der Waals surface area contributed by atoms with Crippen molar-refractivity contribution in [2.75, 3.05) is 26.7 Å². The summed E-state index contributed by atoms with van der Waals surface area (Å²) in [5.74, 6) is 0.674. The summed E-state index contributed by atoms with van der Waals surface area (Å²) < 4.78 is 4.83. The van der Waals surface area contributed by atoms with Crippen molar-refractivity contribution in [2.45, 2.75) is 52.0 Å². The molecule has 1 aliphatic rings. The number of nitrogens with zero attached hydrogens (tertiary/aromatic N) is 1. The molecule has 5 heteroatoms. The highest BCUT2D eigenvalue weighted by atomic mass is 16.5. The number of carbonyl (C=O) groups is 2. The lowest BCUT2D eigenvalue weighted by molar-refractivity contribution is -0.143. The largest absolute Gasteiger partial charge is 0.466 e. The van der Waals surface area contributed by atoms with Crippen LogP contribution in [0.1, 0.15) is 46.0 Å². The average molecular weight is 284 g/mol. The second kappa shape index (κ2) is 8.95. The van der Waals surface area contributed by atoms with E-state index in [1.807, 2.05) is 11.9 Å². The Hall–Kier alpha value is -1.10. The summed E-state index contributed by atoms with van der Waals surface area (Å²) in [7, 11) is 1.88. The smallest absolute Gasteiger partial charge is 0.307 e. The fourth-order valence-corrected chi connectivity index (χ4v) is 2.58. The molecule has 0 aromatic carbocycles. The van der Waals surface area contributed by atoms with Gasteiger partial charge in [0.15, 0.2) is 0 Å². The van der Waals surface area contributed by atoms with Crippen molar-refractivity contribution >= 4 is 11.9 Å². The van der Waals surface area contributed by atoms with E-state index in [1.54, 1.807) is 6.92 Å². The molecule has 0 aromatic heterocycles. The van der Waals surface area contributed by atoms with Gasteiger partial charge in [-0.15, -0.1) is 0 Å². The number of nitrogens with one attached hydrogen (secondary N) is 1. The number of hydrogen-bond donors (Lipinski definition) is 1. The zero-order valence-electron chi connectivity index (χ0n) is 13.0. The van der Waals surface area contributed by atoms with Gasteiger partial charge in [-0.05, 0) is 38.5 Å². The van der Waals surface area contributed by atoms with Crippen molar-refractivity contribution in [2.24, 2.45) is 5.92 Å². The third kappa shape index (κ3) is 5.90. The molecule has 0 radical (unpaired) electrons. The molecule has 0 bridgehead atoms. The van der Waals surface area contributed by atoms with Gasteiger partial charge in [-0.2, -0.15) is 0 Å². The van der Waals surface area contributed by atoms with Crippen LogP contribution >= 0.6 is 0 Å². The van der Waals surface area contributed by atoms with Crippen LogP contribution < -0.4 is 5.32 Å². The topological polar surface area (TPSA) is 58.6 Å². The van der Waals surface area contributed by atoms with Crippen molar-refractivity contribution in [3.05, 3.63) is 0 Å². The standard InChI is InChI=1S/C15H28N2O3/c1-4-20-15(19)9-10-16-11-14(18)17(3)13-7-5-12(2)6-8-13/h12-13,16H,4-11H2,1-3H3. The molecule has 0 saturated heterocycles. The highest BCUT2D eigenvalue weighted by Crippen LogP contribution is 2.26. The minimum absolute atomic E-state index is 0.105. The van der Waals surface area contributed by atoms with Gasteiger partial charge in [0, 0.05) is 19.6 Å². The monoisotopic (exact) mass is 284 g/mol. The molecule has 0 atom stereocenters. The lowest BCUT2D eigenvalue weighted by atomic mass is 9.87.